The largest absolute Gasteiger partial charge is 0.383 e. The zero-order chi connectivity index (χ0) is 9.40. The second kappa shape index (κ2) is 7.32. The van der Waals surface area contributed by atoms with Crippen molar-refractivity contribution in [3.8, 4) is 0 Å². The minimum atomic E-state index is 0.495. The first-order valence-corrected chi connectivity index (χ1v) is 4.57. The molecule has 0 aliphatic heterocycles. The van der Waals surface area contributed by atoms with E-state index in [4.69, 9.17) is 4.74 Å². The molecule has 1 unspecified atom stereocenters. The third kappa shape index (κ3) is 6.38. The van der Waals surface area contributed by atoms with Crippen molar-refractivity contribution in [2.24, 2.45) is 0 Å². The van der Waals surface area contributed by atoms with Crippen LogP contribution in [0, 0.1) is 0 Å². The summed E-state index contributed by atoms with van der Waals surface area (Å²) in [6.45, 7) is 9.88. The average Bonchev–Trinajstić information content (AvgIpc) is 2.02. The molecule has 0 spiro atoms. The van der Waals surface area contributed by atoms with E-state index in [1.54, 1.807) is 7.11 Å². The maximum absolute atomic E-state index is 5.07. The lowest BCUT2D eigenvalue weighted by Crippen LogP contribution is -2.33. The maximum Gasteiger partial charge on any atom is 0.0615 e. The molecule has 0 aliphatic carbocycles. The van der Waals surface area contributed by atoms with Gasteiger partial charge in [0.2, 0.25) is 0 Å². The minimum Gasteiger partial charge on any atom is -0.383 e. The van der Waals surface area contributed by atoms with Gasteiger partial charge in [0.25, 0.3) is 0 Å². The van der Waals surface area contributed by atoms with E-state index < -0.39 is 0 Å². The van der Waals surface area contributed by atoms with Gasteiger partial charge in [0.15, 0.2) is 0 Å². The fourth-order valence-electron chi connectivity index (χ4n) is 1.01. The van der Waals surface area contributed by atoms with Crippen molar-refractivity contribution in [1.29, 1.82) is 0 Å². The summed E-state index contributed by atoms with van der Waals surface area (Å²) in [4.78, 5) is 0. The number of nitrogens with one attached hydrogen (secondary N) is 1. The Bertz CT molecular complexity index is 123. The zero-order valence-electron chi connectivity index (χ0n) is 8.52. The third-order valence-electron chi connectivity index (χ3n) is 1.85. The average molecular weight is 171 g/mol. The molecule has 0 radical (unpaired) electrons. The Labute approximate surface area is 76.0 Å². The summed E-state index contributed by atoms with van der Waals surface area (Å²) >= 11 is 0. The van der Waals surface area contributed by atoms with Gasteiger partial charge in [-0.25, -0.2) is 0 Å². The lowest BCUT2D eigenvalue weighted by atomic mass is 10.2. The molecule has 0 saturated carbocycles. The van der Waals surface area contributed by atoms with Gasteiger partial charge >= 0.3 is 0 Å². The van der Waals surface area contributed by atoms with E-state index in [0.29, 0.717) is 6.04 Å². The molecular formula is C10H21NO. The van der Waals surface area contributed by atoms with Crippen LogP contribution in [0.1, 0.15) is 26.7 Å². The molecule has 12 heavy (non-hydrogen) atoms. The molecule has 0 fully saturated rings. The highest BCUT2D eigenvalue weighted by Crippen LogP contribution is 1.95. The van der Waals surface area contributed by atoms with Crippen LogP contribution in [-0.4, -0.2) is 26.3 Å². The molecule has 0 rings (SSSR count). The fourth-order valence-corrected chi connectivity index (χ4v) is 1.01. The molecule has 0 heterocycles. The SMILES string of the molecule is C=C(C)CCNC(CC)COC. The van der Waals surface area contributed by atoms with Crippen LogP contribution in [0.3, 0.4) is 0 Å². The van der Waals surface area contributed by atoms with Crippen molar-refractivity contribution in [2.75, 3.05) is 20.3 Å². The van der Waals surface area contributed by atoms with E-state index in [-0.39, 0.29) is 0 Å². The van der Waals surface area contributed by atoms with Crippen LogP contribution < -0.4 is 5.32 Å². The topological polar surface area (TPSA) is 21.3 Å². The van der Waals surface area contributed by atoms with Gasteiger partial charge in [-0.3, -0.25) is 0 Å². The summed E-state index contributed by atoms with van der Waals surface area (Å²) in [5.74, 6) is 0. The molecule has 0 saturated heterocycles. The van der Waals surface area contributed by atoms with E-state index in [9.17, 15) is 0 Å². The van der Waals surface area contributed by atoms with Crippen LogP contribution in [-0.2, 0) is 4.74 Å². The third-order valence-corrected chi connectivity index (χ3v) is 1.85. The Hall–Kier alpha value is -0.340. The Morgan fingerprint density at radius 2 is 2.25 bits per heavy atom. The summed E-state index contributed by atoms with van der Waals surface area (Å²) in [7, 11) is 1.74. The predicted molar refractivity (Wildman–Crippen MR) is 53.4 cm³/mol. The minimum absolute atomic E-state index is 0.495. The predicted octanol–water partition coefficient (Wildman–Crippen LogP) is 1.97. The number of rotatable bonds is 7. The summed E-state index contributed by atoms with van der Waals surface area (Å²) in [6, 6.07) is 0.495. The van der Waals surface area contributed by atoms with E-state index in [0.717, 1.165) is 26.0 Å². The van der Waals surface area contributed by atoms with Gasteiger partial charge in [-0.1, -0.05) is 12.5 Å². The normalized spacial score (nSPS) is 12.9. The van der Waals surface area contributed by atoms with E-state index in [1.807, 2.05) is 0 Å². The van der Waals surface area contributed by atoms with Gasteiger partial charge in [-0.15, -0.1) is 6.58 Å². The molecule has 0 aromatic rings. The molecule has 1 N–H and O–H groups in total. The van der Waals surface area contributed by atoms with Crippen molar-refractivity contribution in [3.05, 3.63) is 12.2 Å². The van der Waals surface area contributed by atoms with Crippen molar-refractivity contribution in [1.82, 2.24) is 5.32 Å². The highest BCUT2D eigenvalue weighted by atomic mass is 16.5. The van der Waals surface area contributed by atoms with Crippen molar-refractivity contribution in [2.45, 2.75) is 32.7 Å². The van der Waals surface area contributed by atoms with Gasteiger partial charge < -0.3 is 10.1 Å². The van der Waals surface area contributed by atoms with E-state index >= 15 is 0 Å². The van der Waals surface area contributed by atoms with Crippen LogP contribution in [0.25, 0.3) is 0 Å². The Morgan fingerprint density at radius 1 is 1.58 bits per heavy atom. The van der Waals surface area contributed by atoms with Crippen LogP contribution in [0.15, 0.2) is 12.2 Å². The lowest BCUT2D eigenvalue weighted by Gasteiger charge is -2.15. The van der Waals surface area contributed by atoms with Gasteiger partial charge in [-0.2, -0.15) is 0 Å². The van der Waals surface area contributed by atoms with E-state index in [1.165, 1.54) is 5.57 Å². The number of hydrogen-bond donors (Lipinski definition) is 1. The Kier molecular flexibility index (Phi) is 7.11. The molecule has 0 aromatic heterocycles. The highest BCUT2D eigenvalue weighted by Gasteiger charge is 2.02. The zero-order valence-corrected chi connectivity index (χ0v) is 8.52. The summed E-state index contributed by atoms with van der Waals surface area (Å²) < 4.78 is 5.07. The fraction of sp³-hybridized carbons (Fsp3) is 0.800. The first kappa shape index (κ1) is 11.7. The van der Waals surface area contributed by atoms with Gasteiger partial charge in [0.1, 0.15) is 0 Å². The lowest BCUT2D eigenvalue weighted by molar-refractivity contribution is 0.165. The van der Waals surface area contributed by atoms with Crippen molar-refractivity contribution in [3.63, 3.8) is 0 Å². The first-order valence-electron chi connectivity index (χ1n) is 4.57. The molecule has 0 aromatic carbocycles. The summed E-state index contributed by atoms with van der Waals surface area (Å²) in [5.41, 5.74) is 1.23. The quantitative estimate of drug-likeness (QED) is 0.591. The van der Waals surface area contributed by atoms with Crippen molar-refractivity contribution >= 4 is 0 Å². The molecule has 2 nitrogen and oxygen atoms in total. The number of methoxy groups -OCH3 is 1. The van der Waals surface area contributed by atoms with Gasteiger partial charge in [-0.05, 0) is 26.3 Å². The van der Waals surface area contributed by atoms with Crippen LogP contribution in [0.5, 0.6) is 0 Å². The molecule has 0 amide bonds. The van der Waals surface area contributed by atoms with Crippen LogP contribution in [0.4, 0.5) is 0 Å². The van der Waals surface area contributed by atoms with Crippen molar-refractivity contribution < 1.29 is 4.74 Å². The second-order valence-corrected chi connectivity index (χ2v) is 3.22. The molecule has 0 bridgehead atoms. The molecule has 72 valence electrons. The first-order chi connectivity index (χ1) is 5.70. The Morgan fingerprint density at radius 3 is 2.67 bits per heavy atom. The van der Waals surface area contributed by atoms with Crippen LogP contribution in [0.2, 0.25) is 0 Å². The Balaban J connectivity index is 3.37. The molecular weight excluding hydrogens is 150 g/mol. The van der Waals surface area contributed by atoms with Gasteiger partial charge in [0, 0.05) is 13.2 Å². The molecule has 1 atom stereocenters. The maximum atomic E-state index is 5.07. The van der Waals surface area contributed by atoms with E-state index in [2.05, 4.69) is 25.7 Å². The molecule has 2 heteroatoms. The standard InChI is InChI=1S/C10H21NO/c1-5-10(8-12-4)11-7-6-9(2)3/h10-11H,2,5-8H2,1,3-4H3. The monoisotopic (exact) mass is 171 g/mol. The summed E-state index contributed by atoms with van der Waals surface area (Å²) in [5, 5.41) is 3.42. The summed E-state index contributed by atoms with van der Waals surface area (Å²) in [6.07, 6.45) is 2.17. The van der Waals surface area contributed by atoms with Crippen LogP contribution >= 0.6 is 0 Å². The highest BCUT2D eigenvalue weighted by molar-refractivity contribution is 4.88. The number of ether oxygens (including phenoxy) is 1. The van der Waals surface area contributed by atoms with Gasteiger partial charge in [0.05, 0.1) is 6.61 Å². The molecule has 0 aliphatic rings. The smallest absolute Gasteiger partial charge is 0.0615 e. The number of hydrogen-bond acceptors (Lipinski definition) is 2. The second-order valence-electron chi connectivity index (χ2n) is 3.22.